The zero-order chi connectivity index (χ0) is 10.8. The molecule has 0 fully saturated rings. The van der Waals surface area contributed by atoms with E-state index in [0.717, 1.165) is 10.7 Å². The average molecular weight is 223 g/mol. The molecule has 1 N–H and O–H groups in total. The van der Waals surface area contributed by atoms with E-state index in [9.17, 15) is 0 Å². The number of hydrogen-bond acceptors (Lipinski definition) is 4. The first kappa shape index (κ1) is 10.3. The van der Waals surface area contributed by atoms with E-state index in [1.807, 2.05) is 17.7 Å². The number of nitrogens with zero attached hydrogens (tertiary/aromatic N) is 3. The molecule has 2 aromatic rings. The van der Waals surface area contributed by atoms with E-state index >= 15 is 0 Å². The first-order chi connectivity index (χ1) is 7.20. The van der Waals surface area contributed by atoms with Crippen LogP contribution in [0, 0.1) is 13.8 Å². The zero-order valence-corrected chi connectivity index (χ0v) is 9.58. The smallest absolute Gasteiger partial charge is 0.134 e. The van der Waals surface area contributed by atoms with Gasteiger partial charge >= 0.3 is 0 Å². The Hall–Kier alpha value is -1.20. The molecule has 2 aromatic heterocycles. The van der Waals surface area contributed by atoms with Crippen LogP contribution in [0.2, 0.25) is 0 Å². The molecule has 0 saturated heterocycles. The van der Waals surface area contributed by atoms with E-state index < -0.39 is 0 Å². The zero-order valence-electron chi connectivity index (χ0n) is 8.77. The van der Waals surface area contributed by atoms with E-state index in [0.29, 0.717) is 12.4 Å². The van der Waals surface area contributed by atoms with Gasteiger partial charge in [-0.3, -0.25) is 0 Å². The summed E-state index contributed by atoms with van der Waals surface area (Å²) in [7, 11) is 0. The van der Waals surface area contributed by atoms with E-state index in [2.05, 4.69) is 16.9 Å². The molecule has 0 radical (unpaired) electrons. The van der Waals surface area contributed by atoms with Gasteiger partial charge in [0, 0.05) is 17.3 Å². The predicted octanol–water partition coefficient (Wildman–Crippen LogP) is 1.50. The van der Waals surface area contributed by atoms with Crippen molar-refractivity contribution >= 4 is 11.3 Å². The molecule has 0 bridgehead atoms. The van der Waals surface area contributed by atoms with Crippen LogP contribution in [0.4, 0.5) is 0 Å². The highest BCUT2D eigenvalue weighted by molar-refractivity contribution is 7.11. The third kappa shape index (κ3) is 2.08. The van der Waals surface area contributed by atoms with Crippen LogP contribution >= 0.6 is 11.3 Å². The molecule has 0 aliphatic carbocycles. The van der Waals surface area contributed by atoms with Gasteiger partial charge in [0.05, 0.1) is 12.2 Å². The van der Waals surface area contributed by atoms with Crippen molar-refractivity contribution in [3.05, 3.63) is 33.8 Å². The third-order valence-electron chi connectivity index (χ3n) is 2.32. The second-order valence-electron chi connectivity index (χ2n) is 3.38. The summed E-state index contributed by atoms with van der Waals surface area (Å²) in [6, 6.07) is 0. The van der Waals surface area contributed by atoms with Crippen molar-refractivity contribution in [3.63, 3.8) is 0 Å². The maximum Gasteiger partial charge on any atom is 0.134 e. The van der Waals surface area contributed by atoms with Crippen molar-refractivity contribution in [2.45, 2.75) is 27.0 Å². The number of aliphatic hydroxyl groups is 1. The van der Waals surface area contributed by atoms with Crippen LogP contribution in [-0.2, 0) is 13.2 Å². The molecule has 0 unspecified atom stereocenters. The molecule has 0 saturated carbocycles. The second-order valence-corrected chi connectivity index (χ2v) is 4.67. The van der Waals surface area contributed by atoms with Gasteiger partial charge in [-0.25, -0.2) is 9.97 Å². The number of aryl methyl sites for hydroxylation is 2. The number of aliphatic hydroxyl groups excluding tert-OH is 1. The number of aromatic nitrogens is 3. The van der Waals surface area contributed by atoms with E-state index in [-0.39, 0.29) is 6.61 Å². The van der Waals surface area contributed by atoms with Gasteiger partial charge in [0.2, 0.25) is 0 Å². The summed E-state index contributed by atoms with van der Waals surface area (Å²) >= 11 is 1.69. The fourth-order valence-electron chi connectivity index (χ4n) is 1.39. The lowest BCUT2D eigenvalue weighted by molar-refractivity contribution is 0.266. The molecule has 0 amide bonds. The van der Waals surface area contributed by atoms with Crippen molar-refractivity contribution in [3.8, 4) is 0 Å². The maximum absolute atomic E-state index is 9.04. The van der Waals surface area contributed by atoms with Gasteiger partial charge in [-0.15, -0.1) is 11.3 Å². The fourth-order valence-corrected chi connectivity index (χ4v) is 2.32. The molecule has 2 rings (SSSR count). The van der Waals surface area contributed by atoms with Crippen LogP contribution in [-0.4, -0.2) is 19.6 Å². The van der Waals surface area contributed by atoms with Crippen LogP contribution in [0.25, 0.3) is 0 Å². The van der Waals surface area contributed by atoms with E-state index in [1.54, 1.807) is 17.5 Å². The standard InChI is InChI=1S/C10H13N3OS/c1-7-8(2)15-10(12-7)5-13-4-3-11-9(13)6-14/h3-4,14H,5-6H2,1-2H3. The maximum atomic E-state index is 9.04. The highest BCUT2D eigenvalue weighted by atomic mass is 32.1. The topological polar surface area (TPSA) is 50.9 Å². The molecule has 0 aromatic carbocycles. The van der Waals surface area contributed by atoms with Crippen molar-refractivity contribution in [1.29, 1.82) is 0 Å². The van der Waals surface area contributed by atoms with Crippen molar-refractivity contribution in [2.75, 3.05) is 0 Å². The summed E-state index contributed by atoms with van der Waals surface area (Å²) in [6.07, 6.45) is 3.55. The molecular weight excluding hydrogens is 210 g/mol. The summed E-state index contributed by atoms with van der Waals surface area (Å²) in [6.45, 7) is 4.74. The molecule has 4 nitrogen and oxygen atoms in total. The Kier molecular flexibility index (Phi) is 2.83. The first-order valence-corrected chi connectivity index (χ1v) is 5.56. The minimum atomic E-state index is -0.0314. The lowest BCUT2D eigenvalue weighted by atomic mass is 10.4. The molecule has 0 aliphatic rings. The van der Waals surface area contributed by atoms with Gasteiger partial charge in [0.25, 0.3) is 0 Å². The number of rotatable bonds is 3. The Morgan fingerprint density at radius 3 is 2.87 bits per heavy atom. The van der Waals surface area contributed by atoms with Gasteiger partial charge in [-0.2, -0.15) is 0 Å². The van der Waals surface area contributed by atoms with Crippen LogP contribution < -0.4 is 0 Å². The Labute approximate surface area is 92.2 Å². The molecule has 2 heterocycles. The number of imidazole rings is 1. The number of thiazole rings is 1. The summed E-state index contributed by atoms with van der Waals surface area (Å²) in [5.74, 6) is 0.681. The summed E-state index contributed by atoms with van der Waals surface area (Å²) < 4.78 is 1.91. The van der Waals surface area contributed by atoms with Crippen molar-refractivity contribution in [1.82, 2.24) is 14.5 Å². The largest absolute Gasteiger partial charge is 0.388 e. The fraction of sp³-hybridized carbons (Fsp3) is 0.400. The SMILES string of the molecule is Cc1nc(Cn2ccnc2CO)sc1C. The highest BCUT2D eigenvalue weighted by Gasteiger charge is 2.06. The Balaban J connectivity index is 2.21. The first-order valence-electron chi connectivity index (χ1n) is 4.74. The monoisotopic (exact) mass is 223 g/mol. The molecule has 0 spiro atoms. The van der Waals surface area contributed by atoms with Crippen LogP contribution in [0.1, 0.15) is 21.4 Å². The highest BCUT2D eigenvalue weighted by Crippen LogP contribution is 2.17. The summed E-state index contributed by atoms with van der Waals surface area (Å²) in [5, 5.41) is 10.1. The lowest BCUT2D eigenvalue weighted by Gasteiger charge is -2.02. The van der Waals surface area contributed by atoms with Crippen molar-refractivity contribution in [2.24, 2.45) is 0 Å². The van der Waals surface area contributed by atoms with Gasteiger partial charge in [0.1, 0.15) is 17.4 Å². The second kappa shape index (κ2) is 4.12. The Morgan fingerprint density at radius 2 is 2.27 bits per heavy atom. The average Bonchev–Trinajstić information content (AvgIpc) is 2.75. The van der Waals surface area contributed by atoms with Crippen LogP contribution in [0.3, 0.4) is 0 Å². The number of hydrogen-bond donors (Lipinski definition) is 1. The van der Waals surface area contributed by atoms with Gasteiger partial charge in [-0.1, -0.05) is 0 Å². The van der Waals surface area contributed by atoms with Gasteiger partial charge in [-0.05, 0) is 13.8 Å². The van der Waals surface area contributed by atoms with Crippen LogP contribution in [0.5, 0.6) is 0 Å². The van der Waals surface area contributed by atoms with E-state index in [4.69, 9.17) is 5.11 Å². The molecule has 0 atom stereocenters. The predicted molar refractivity (Wildman–Crippen MR) is 58.8 cm³/mol. The quantitative estimate of drug-likeness (QED) is 0.857. The van der Waals surface area contributed by atoms with Gasteiger partial charge < -0.3 is 9.67 Å². The normalized spacial score (nSPS) is 10.9. The lowest BCUT2D eigenvalue weighted by Crippen LogP contribution is -2.03. The Morgan fingerprint density at radius 1 is 1.47 bits per heavy atom. The third-order valence-corrected chi connectivity index (χ3v) is 3.38. The molecule has 0 aliphatic heterocycles. The molecule has 80 valence electrons. The summed E-state index contributed by atoms with van der Waals surface area (Å²) in [4.78, 5) is 9.74. The summed E-state index contributed by atoms with van der Waals surface area (Å²) in [5.41, 5.74) is 1.08. The minimum Gasteiger partial charge on any atom is -0.388 e. The van der Waals surface area contributed by atoms with Crippen molar-refractivity contribution < 1.29 is 5.11 Å². The minimum absolute atomic E-state index is 0.0314. The molecule has 5 heteroatoms. The van der Waals surface area contributed by atoms with E-state index in [1.165, 1.54) is 4.88 Å². The molecular formula is C10H13N3OS. The molecule has 15 heavy (non-hydrogen) atoms. The Bertz CT molecular complexity index is 441. The van der Waals surface area contributed by atoms with Crippen LogP contribution in [0.15, 0.2) is 12.4 Å². The van der Waals surface area contributed by atoms with Gasteiger partial charge in [0.15, 0.2) is 0 Å².